The monoisotopic (exact) mass is 354 g/mol. The number of piperidine rings is 2. The van der Waals surface area contributed by atoms with E-state index in [9.17, 15) is 9.59 Å². The lowest BCUT2D eigenvalue weighted by Crippen LogP contribution is -2.55. The van der Waals surface area contributed by atoms with E-state index in [0.29, 0.717) is 32.5 Å². The summed E-state index contributed by atoms with van der Waals surface area (Å²) in [5, 5.41) is 0. The SMILES string of the molecule is O=C1CC(N2CCCC(Cl)(Cl)C2=O)CCN1Cc1ccccc1. The molecule has 0 bridgehead atoms. The quantitative estimate of drug-likeness (QED) is 0.783. The van der Waals surface area contributed by atoms with Crippen LogP contribution in [0.15, 0.2) is 30.3 Å². The van der Waals surface area contributed by atoms with Gasteiger partial charge in [0.1, 0.15) is 0 Å². The molecule has 3 rings (SSSR count). The molecule has 0 radical (unpaired) electrons. The van der Waals surface area contributed by atoms with Crippen molar-refractivity contribution in [1.82, 2.24) is 9.80 Å². The van der Waals surface area contributed by atoms with Crippen LogP contribution in [0.1, 0.15) is 31.2 Å². The van der Waals surface area contributed by atoms with Crippen LogP contribution >= 0.6 is 23.2 Å². The van der Waals surface area contributed by atoms with Gasteiger partial charge in [0.15, 0.2) is 4.33 Å². The molecule has 1 unspecified atom stereocenters. The van der Waals surface area contributed by atoms with Crippen LogP contribution in [-0.2, 0) is 16.1 Å². The fourth-order valence-electron chi connectivity index (χ4n) is 3.34. The number of carbonyl (C=O) groups excluding carboxylic acids is 2. The Morgan fingerprint density at radius 2 is 1.87 bits per heavy atom. The standard InChI is InChI=1S/C17H20Cl2N2O2/c18-17(19)8-4-9-21(16(17)23)14-7-10-20(15(22)11-14)12-13-5-2-1-3-6-13/h1-3,5-6,14H,4,7-12H2. The number of hydrogen-bond donors (Lipinski definition) is 0. The van der Waals surface area contributed by atoms with E-state index < -0.39 is 4.33 Å². The third-order valence-corrected chi connectivity index (χ3v) is 5.32. The molecule has 2 heterocycles. The Labute approximate surface area is 146 Å². The predicted octanol–water partition coefficient (Wildman–Crippen LogP) is 2.97. The highest BCUT2D eigenvalue weighted by molar-refractivity contribution is 6.58. The van der Waals surface area contributed by atoms with E-state index in [1.54, 1.807) is 4.90 Å². The number of likely N-dealkylation sites (tertiary alicyclic amines) is 2. The molecule has 6 heteroatoms. The number of hydrogen-bond acceptors (Lipinski definition) is 2. The molecule has 2 saturated heterocycles. The Morgan fingerprint density at radius 1 is 1.13 bits per heavy atom. The van der Waals surface area contributed by atoms with E-state index in [0.717, 1.165) is 18.4 Å². The van der Waals surface area contributed by atoms with Gasteiger partial charge < -0.3 is 9.80 Å². The third-order valence-electron chi connectivity index (χ3n) is 4.62. The van der Waals surface area contributed by atoms with Crippen molar-refractivity contribution in [3.05, 3.63) is 35.9 Å². The van der Waals surface area contributed by atoms with Gasteiger partial charge in [-0.15, -0.1) is 0 Å². The van der Waals surface area contributed by atoms with Crippen molar-refractivity contribution >= 4 is 35.0 Å². The van der Waals surface area contributed by atoms with Gasteiger partial charge in [0, 0.05) is 32.1 Å². The van der Waals surface area contributed by atoms with Gasteiger partial charge in [0.25, 0.3) is 5.91 Å². The van der Waals surface area contributed by atoms with Gasteiger partial charge in [-0.05, 0) is 24.8 Å². The van der Waals surface area contributed by atoms with Gasteiger partial charge >= 0.3 is 0 Å². The first-order chi connectivity index (χ1) is 11.0. The van der Waals surface area contributed by atoms with Gasteiger partial charge in [0.05, 0.1) is 0 Å². The summed E-state index contributed by atoms with van der Waals surface area (Å²) in [7, 11) is 0. The number of carbonyl (C=O) groups is 2. The molecule has 2 amide bonds. The first-order valence-electron chi connectivity index (χ1n) is 7.98. The minimum atomic E-state index is -1.33. The van der Waals surface area contributed by atoms with Crippen molar-refractivity contribution in [3.8, 4) is 0 Å². The van der Waals surface area contributed by atoms with Gasteiger partial charge in [0.2, 0.25) is 5.91 Å². The number of halogens is 2. The second kappa shape index (κ2) is 6.70. The zero-order valence-corrected chi connectivity index (χ0v) is 14.4. The van der Waals surface area contributed by atoms with Crippen molar-refractivity contribution in [2.24, 2.45) is 0 Å². The van der Waals surface area contributed by atoms with Crippen LogP contribution in [0.3, 0.4) is 0 Å². The van der Waals surface area contributed by atoms with Crippen LogP contribution in [0.4, 0.5) is 0 Å². The molecule has 23 heavy (non-hydrogen) atoms. The second-order valence-electron chi connectivity index (χ2n) is 6.25. The Kier molecular flexibility index (Phi) is 4.83. The van der Waals surface area contributed by atoms with Crippen LogP contribution in [0.5, 0.6) is 0 Å². The second-order valence-corrected chi connectivity index (χ2v) is 7.74. The Balaban J connectivity index is 1.62. The Morgan fingerprint density at radius 3 is 2.57 bits per heavy atom. The van der Waals surface area contributed by atoms with E-state index >= 15 is 0 Å². The Hall–Kier alpha value is -1.26. The van der Waals surface area contributed by atoms with Gasteiger partial charge in [-0.1, -0.05) is 53.5 Å². The van der Waals surface area contributed by atoms with Crippen molar-refractivity contribution in [2.45, 2.75) is 42.6 Å². The molecule has 1 aromatic carbocycles. The first-order valence-corrected chi connectivity index (χ1v) is 8.73. The fraction of sp³-hybridized carbons (Fsp3) is 0.529. The largest absolute Gasteiger partial charge is 0.338 e. The van der Waals surface area contributed by atoms with Crippen molar-refractivity contribution in [1.29, 1.82) is 0 Å². The maximum Gasteiger partial charge on any atom is 0.259 e. The molecule has 124 valence electrons. The number of benzene rings is 1. The highest BCUT2D eigenvalue weighted by Gasteiger charge is 2.44. The van der Waals surface area contributed by atoms with E-state index in [1.165, 1.54) is 0 Å². The van der Waals surface area contributed by atoms with Crippen molar-refractivity contribution in [3.63, 3.8) is 0 Å². The lowest BCUT2D eigenvalue weighted by Gasteiger charge is -2.42. The molecular formula is C17H20Cl2N2O2. The maximum atomic E-state index is 12.4. The molecule has 0 aromatic heterocycles. The molecule has 2 aliphatic heterocycles. The molecule has 2 aliphatic rings. The molecule has 0 N–H and O–H groups in total. The smallest absolute Gasteiger partial charge is 0.259 e. The summed E-state index contributed by atoms with van der Waals surface area (Å²) in [5.41, 5.74) is 1.12. The Bertz CT molecular complexity index is 592. The van der Waals surface area contributed by atoms with E-state index in [4.69, 9.17) is 23.2 Å². The molecule has 1 aromatic rings. The van der Waals surface area contributed by atoms with Crippen molar-refractivity contribution < 1.29 is 9.59 Å². The molecular weight excluding hydrogens is 335 g/mol. The number of rotatable bonds is 3. The summed E-state index contributed by atoms with van der Waals surface area (Å²) in [5.74, 6) is -0.167. The van der Waals surface area contributed by atoms with Crippen LogP contribution in [0.25, 0.3) is 0 Å². The van der Waals surface area contributed by atoms with E-state index in [1.807, 2.05) is 35.2 Å². The topological polar surface area (TPSA) is 40.6 Å². The summed E-state index contributed by atoms with van der Waals surface area (Å²) in [6.07, 6.45) is 2.38. The molecule has 0 saturated carbocycles. The fourth-order valence-corrected chi connectivity index (χ4v) is 3.82. The van der Waals surface area contributed by atoms with Crippen LogP contribution in [0, 0.1) is 0 Å². The highest BCUT2D eigenvalue weighted by atomic mass is 35.5. The minimum Gasteiger partial charge on any atom is -0.338 e. The molecule has 2 fully saturated rings. The summed E-state index contributed by atoms with van der Waals surface area (Å²) in [6.45, 7) is 1.91. The van der Waals surface area contributed by atoms with Crippen molar-refractivity contribution in [2.75, 3.05) is 13.1 Å². The minimum absolute atomic E-state index is 0.0817. The average molecular weight is 355 g/mol. The van der Waals surface area contributed by atoms with Gasteiger partial charge in [-0.25, -0.2) is 0 Å². The van der Waals surface area contributed by atoms with Crippen LogP contribution < -0.4 is 0 Å². The number of alkyl halides is 2. The molecule has 0 aliphatic carbocycles. The normalized spacial score (nSPS) is 24.9. The third kappa shape index (κ3) is 3.64. The summed E-state index contributed by atoms with van der Waals surface area (Å²) < 4.78 is -1.33. The summed E-state index contributed by atoms with van der Waals surface area (Å²) >= 11 is 12.2. The lowest BCUT2D eigenvalue weighted by atomic mass is 9.98. The average Bonchev–Trinajstić information content (AvgIpc) is 2.53. The predicted molar refractivity (Wildman–Crippen MR) is 90.3 cm³/mol. The van der Waals surface area contributed by atoms with Crippen LogP contribution in [-0.4, -0.2) is 45.1 Å². The molecule has 1 atom stereocenters. The molecule has 0 spiro atoms. The summed E-state index contributed by atoms with van der Waals surface area (Å²) in [6, 6.07) is 9.86. The first kappa shape index (κ1) is 16.6. The molecule has 4 nitrogen and oxygen atoms in total. The van der Waals surface area contributed by atoms with Gasteiger partial charge in [-0.2, -0.15) is 0 Å². The lowest BCUT2D eigenvalue weighted by molar-refractivity contribution is -0.143. The highest BCUT2D eigenvalue weighted by Crippen LogP contribution is 2.35. The van der Waals surface area contributed by atoms with E-state index in [-0.39, 0.29) is 17.9 Å². The number of nitrogens with zero attached hydrogens (tertiary/aromatic N) is 2. The zero-order valence-electron chi connectivity index (χ0n) is 12.9. The van der Waals surface area contributed by atoms with Crippen LogP contribution in [0.2, 0.25) is 0 Å². The maximum absolute atomic E-state index is 12.4. The number of amides is 2. The summed E-state index contributed by atoms with van der Waals surface area (Å²) in [4.78, 5) is 28.4. The zero-order chi connectivity index (χ0) is 16.4. The van der Waals surface area contributed by atoms with E-state index in [2.05, 4.69) is 0 Å². The van der Waals surface area contributed by atoms with Gasteiger partial charge in [-0.3, -0.25) is 9.59 Å².